The van der Waals surface area contributed by atoms with Crippen LogP contribution in [-0.4, -0.2) is 12.6 Å². The quantitative estimate of drug-likeness (QED) is 0.173. The zero-order valence-electron chi connectivity index (χ0n) is 18.6. The lowest BCUT2D eigenvalue weighted by Gasteiger charge is -2.03. The third-order valence-electron chi connectivity index (χ3n) is 5.54. The van der Waals surface area contributed by atoms with E-state index in [0.717, 1.165) is 35.2 Å². The second kappa shape index (κ2) is 12.5. The number of hydrogen-bond donors (Lipinski definition) is 0. The second-order valence-electron chi connectivity index (χ2n) is 8.03. The third kappa shape index (κ3) is 6.47. The summed E-state index contributed by atoms with van der Waals surface area (Å²) in [5.74, 6) is 0. The Hall–Kier alpha value is -1.56. The van der Waals surface area contributed by atoms with Crippen molar-refractivity contribution in [3.63, 3.8) is 0 Å². The van der Waals surface area contributed by atoms with E-state index in [1.165, 1.54) is 82.0 Å². The molecule has 0 amide bonds. The van der Waals surface area contributed by atoms with Crippen LogP contribution in [0.25, 0.3) is 19.5 Å². The molecule has 0 aromatic carbocycles. The van der Waals surface area contributed by atoms with E-state index in [1.54, 1.807) is 34.0 Å². The van der Waals surface area contributed by atoms with Gasteiger partial charge in [0.05, 0.1) is 9.75 Å². The third-order valence-corrected chi connectivity index (χ3v) is 9.19. The van der Waals surface area contributed by atoms with Crippen molar-refractivity contribution in [2.45, 2.75) is 78.1 Å². The van der Waals surface area contributed by atoms with Crippen LogP contribution in [0.1, 0.15) is 95.7 Å². The maximum absolute atomic E-state index is 11.4. The molecule has 5 heteroatoms. The van der Waals surface area contributed by atoms with E-state index in [9.17, 15) is 9.59 Å². The molecule has 0 aliphatic carbocycles. The first-order valence-electron chi connectivity index (χ1n) is 11.5. The maximum atomic E-state index is 11.4. The fraction of sp³-hybridized carbons (Fsp3) is 0.462. The Bertz CT molecular complexity index is 900. The summed E-state index contributed by atoms with van der Waals surface area (Å²) in [5.41, 5.74) is 2.60. The Morgan fingerprint density at radius 3 is 1.48 bits per heavy atom. The predicted octanol–water partition coefficient (Wildman–Crippen LogP) is 9.08. The molecule has 0 unspecified atom stereocenters. The molecule has 31 heavy (non-hydrogen) atoms. The number of aryl methyl sites for hydroxylation is 2. The first-order valence-corrected chi connectivity index (χ1v) is 13.9. The molecule has 3 heterocycles. The van der Waals surface area contributed by atoms with Gasteiger partial charge in [0.15, 0.2) is 12.6 Å². The summed E-state index contributed by atoms with van der Waals surface area (Å²) in [6.45, 7) is 4.46. The number of unbranched alkanes of at least 4 members (excludes halogenated alkanes) is 6. The largest absolute Gasteiger partial charge is 0.297 e. The van der Waals surface area contributed by atoms with Crippen LogP contribution in [0.4, 0.5) is 0 Å². The number of rotatable bonds is 14. The first kappa shape index (κ1) is 24.1. The summed E-state index contributed by atoms with van der Waals surface area (Å²) in [5, 5.41) is 0. The summed E-state index contributed by atoms with van der Waals surface area (Å²) >= 11 is 5.01. The van der Waals surface area contributed by atoms with Crippen molar-refractivity contribution in [3.8, 4) is 19.5 Å². The normalized spacial score (nSPS) is 11.2. The topological polar surface area (TPSA) is 34.1 Å². The zero-order chi connectivity index (χ0) is 22.1. The van der Waals surface area contributed by atoms with Crippen LogP contribution < -0.4 is 0 Å². The van der Waals surface area contributed by atoms with E-state index in [4.69, 9.17) is 0 Å². The van der Waals surface area contributed by atoms with Crippen LogP contribution in [0.5, 0.6) is 0 Å². The van der Waals surface area contributed by atoms with Gasteiger partial charge in [-0.25, -0.2) is 0 Å². The van der Waals surface area contributed by atoms with Crippen molar-refractivity contribution >= 4 is 46.6 Å². The van der Waals surface area contributed by atoms with Gasteiger partial charge >= 0.3 is 0 Å². The highest BCUT2D eigenvalue weighted by Gasteiger charge is 2.17. The monoisotopic (exact) mass is 472 g/mol. The summed E-state index contributed by atoms with van der Waals surface area (Å²) < 4.78 is 0. The molecule has 0 spiro atoms. The smallest absolute Gasteiger partial charge is 0.160 e. The van der Waals surface area contributed by atoms with E-state index >= 15 is 0 Å². The van der Waals surface area contributed by atoms with Crippen molar-refractivity contribution in [1.82, 2.24) is 0 Å². The first-order chi connectivity index (χ1) is 15.2. The minimum atomic E-state index is 0.811. The molecule has 3 rings (SSSR count). The van der Waals surface area contributed by atoms with Crippen LogP contribution >= 0.6 is 34.0 Å². The molecule has 0 saturated carbocycles. The lowest BCUT2D eigenvalue weighted by atomic mass is 10.1. The van der Waals surface area contributed by atoms with E-state index in [1.807, 2.05) is 0 Å². The van der Waals surface area contributed by atoms with Crippen LogP contribution in [0.3, 0.4) is 0 Å². The number of aldehydes is 2. The lowest BCUT2D eigenvalue weighted by Crippen LogP contribution is -1.85. The molecule has 0 N–H and O–H groups in total. The Morgan fingerprint density at radius 1 is 0.645 bits per heavy atom. The minimum absolute atomic E-state index is 0.811. The molecular formula is C26H32O2S3. The van der Waals surface area contributed by atoms with Gasteiger partial charge in [-0.1, -0.05) is 52.4 Å². The van der Waals surface area contributed by atoms with Gasteiger partial charge in [0.25, 0.3) is 0 Å². The average Bonchev–Trinajstić information content (AvgIpc) is 3.51. The summed E-state index contributed by atoms with van der Waals surface area (Å²) in [7, 11) is 0. The molecule has 166 valence electrons. The van der Waals surface area contributed by atoms with E-state index in [-0.39, 0.29) is 0 Å². The summed E-state index contributed by atoms with van der Waals surface area (Å²) in [6, 6.07) is 8.54. The standard InChI is InChI=1S/C26H32O2S3/c1-3-5-7-9-11-19-15-21(17-27)29-25(19)23-13-14-24(31-23)26-20(12-10-8-6-4-2)16-22(18-28)30-26/h13-18H,3-12H2,1-2H3. The van der Waals surface area contributed by atoms with Gasteiger partial charge in [-0.3, -0.25) is 9.59 Å². The van der Waals surface area contributed by atoms with Crippen LogP contribution in [0, 0.1) is 0 Å². The molecule has 0 bridgehead atoms. The Balaban J connectivity index is 1.83. The van der Waals surface area contributed by atoms with Crippen molar-refractivity contribution in [3.05, 3.63) is 45.1 Å². The van der Waals surface area contributed by atoms with Gasteiger partial charge in [0.1, 0.15) is 0 Å². The number of hydrogen-bond acceptors (Lipinski definition) is 5. The highest BCUT2D eigenvalue weighted by molar-refractivity contribution is 7.27. The highest BCUT2D eigenvalue weighted by atomic mass is 32.1. The van der Waals surface area contributed by atoms with Gasteiger partial charge in [-0.05, 0) is 61.1 Å². The molecule has 0 saturated heterocycles. The van der Waals surface area contributed by atoms with Gasteiger partial charge < -0.3 is 0 Å². The second-order valence-corrected chi connectivity index (χ2v) is 11.3. The van der Waals surface area contributed by atoms with Gasteiger partial charge in [0, 0.05) is 19.5 Å². The van der Waals surface area contributed by atoms with E-state index in [2.05, 4.69) is 38.1 Å². The fourth-order valence-corrected chi connectivity index (χ4v) is 7.22. The predicted molar refractivity (Wildman–Crippen MR) is 137 cm³/mol. The van der Waals surface area contributed by atoms with Crippen LogP contribution in [0.2, 0.25) is 0 Å². The van der Waals surface area contributed by atoms with Crippen molar-refractivity contribution in [2.75, 3.05) is 0 Å². The summed E-state index contributed by atoms with van der Waals surface area (Å²) in [6.07, 6.45) is 13.8. The fourth-order valence-electron chi connectivity index (χ4n) is 3.87. The van der Waals surface area contributed by atoms with Crippen molar-refractivity contribution < 1.29 is 9.59 Å². The Labute approximate surface area is 198 Å². The van der Waals surface area contributed by atoms with Crippen LogP contribution in [0.15, 0.2) is 24.3 Å². The Kier molecular flexibility index (Phi) is 9.69. The van der Waals surface area contributed by atoms with E-state index < -0.39 is 0 Å². The molecular weight excluding hydrogens is 440 g/mol. The van der Waals surface area contributed by atoms with Crippen molar-refractivity contribution in [2.24, 2.45) is 0 Å². The molecule has 3 aromatic heterocycles. The molecule has 0 atom stereocenters. The molecule has 2 nitrogen and oxygen atoms in total. The van der Waals surface area contributed by atoms with Gasteiger partial charge in [-0.2, -0.15) is 0 Å². The SMILES string of the molecule is CCCCCCc1cc(C=O)sc1-c1ccc(-c2sc(C=O)cc2CCCCCC)s1. The van der Waals surface area contributed by atoms with Crippen LogP contribution in [-0.2, 0) is 12.8 Å². The molecule has 3 aromatic rings. The number of thiophene rings is 3. The molecule has 0 radical (unpaired) electrons. The molecule has 0 aliphatic rings. The van der Waals surface area contributed by atoms with Gasteiger partial charge in [-0.15, -0.1) is 34.0 Å². The Morgan fingerprint density at radius 2 is 1.10 bits per heavy atom. The summed E-state index contributed by atoms with van der Waals surface area (Å²) in [4.78, 5) is 29.4. The van der Waals surface area contributed by atoms with Gasteiger partial charge in [0.2, 0.25) is 0 Å². The van der Waals surface area contributed by atoms with Crippen molar-refractivity contribution in [1.29, 1.82) is 0 Å². The lowest BCUT2D eigenvalue weighted by molar-refractivity contribution is 0.111. The number of carbonyl (C=O) groups is 2. The zero-order valence-corrected chi connectivity index (χ0v) is 21.0. The molecule has 0 aliphatic heterocycles. The maximum Gasteiger partial charge on any atom is 0.160 e. The highest BCUT2D eigenvalue weighted by Crippen LogP contribution is 2.43. The minimum Gasteiger partial charge on any atom is -0.297 e. The average molecular weight is 473 g/mol. The number of carbonyl (C=O) groups excluding carboxylic acids is 2. The van der Waals surface area contributed by atoms with E-state index in [0.29, 0.717) is 0 Å². The molecule has 0 fully saturated rings.